The molecule has 1 atom stereocenters. The number of carbonyl (C=O) groups is 2. The van der Waals surface area contributed by atoms with Crippen LogP contribution in [0, 0.1) is 6.92 Å². The molecule has 138 valence electrons. The molecule has 1 aliphatic rings. The Labute approximate surface area is 152 Å². The molecule has 1 fully saturated rings. The molecule has 0 aliphatic carbocycles. The van der Waals surface area contributed by atoms with E-state index in [-0.39, 0.29) is 18.4 Å². The van der Waals surface area contributed by atoms with Crippen molar-refractivity contribution in [1.82, 2.24) is 14.7 Å². The Morgan fingerprint density at radius 3 is 2.58 bits per heavy atom. The SMILES string of the molecule is COc1ccc(N2CCN(C(=O)Cn3nc(C)cc3N)[C@H](C)C2=O)cc1. The van der Waals surface area contributed by atoms with Crippen LogP contribution in [0.15, 0.2) is 30.3 Å². The van der Waals surface area contributed by atoms with Gasteiger partial charge in [0.05, 0.1) is 12.8 Å². The van der Waals surface area contributed by atoms with Crippen molar-refractivity contribution in [2.24, 2.45) is 0 Å². The molecule has 1 saturated heterocycles. The first-order valence-electron chi connectivity index (χ1n) is 8.45. The summed E-state index contributed by atoms with van der Waals surface area (Å²) in [4.78, 5) is 28.7. The number of nitrogen functional groups attached to an aromatic ring is 1. The third-order valence-corrected chi connectivity index (χ3v) is 4.58. The summed E-state index contributed by atoms with van der Waals surface area (Å²) in [5.74, 6) is 0.885. The van der Waals surface area contributed by atoms with Crippen LogP contribution in [0.5, 0.6) is 5.75 Å². The van der Waals surface area contributed by atoms with Gasteiger partial charge in [-0.3, -0.25) is 9.59 Å². The number of hydrogen-bond donors (Lipinski definition) is 1. The van der Waals surface area contributed by atoms with Crippen LogP contribution >= 0.6 is 0 Å². The van der Waals surface area contributed by atoms with Gasteiger partial charge in [-0.15, -0.1) is 0 Å². The Hall–Kier alpha value is -3.03. The number of anilines is 2. The van der Waals surface area contributed by atoms with Gasteiger partial charge in [-0.25, -0.2) is 4.68 Å². The zero-order valence-corrected chi connectivity index (χ0v) is 15.2. The normalized spacial score (nSPS) is 17.5. The molecular formula is C18H23N5O3. The highest BCUT2D eigenvalue weighted by molar-refractivity contribution is 6.00. The van der Waals surface area contributed by atoms with E-state index in [1.807, 2.05) is 31.2 Å². The summed E-state index contributed by atoms with van der Waals surface area (Å²) < 4.78 is 6.61. The number of nitrogens with zero attached hydrogens (tertiary/aromatic N) is 4. The number of nitrogens with two attached hydrogens (primary N) is 1. The van der Waals surface area contributed by atoms with Crippen molar-refractivity contribution in [2.75, 3.05) is 30.8 Å². The molecule has 3 rings (SSSR count). The van der Waals surface area contributed by atoms with Crippen molar-refractivity contribution in [3.05, 3.63) is 36.0 Å². The second kappa shape index (κ2) is 7.07. The van der Waals surface area contributed by atoms with Gasteiger partial charge in [0.25, 0.3) is 0 Å². The van der Waals surface area contributed by atoms with Crippen LogP contribution in [0.1, 0.15) is 12.6 Å². The van der Waals surface area contributed by atoms with Crippen molar-refractivity contribution in [3.8, 4) is 5.75 Å². The van der Waals surface area contributed by atoms with E-state index in [1.165, 1.54) is 4.68 Å². The van der Waals surface area contributed by atoms with Crippen LogP contribution in [-0.2, 0) is 16.1 Å². The number of ether oxygens (including phenoxy) is 1. The van der Waals surface area contributed by atoms with E-state index in [0.29, 0.717) is 18.9 Å². The van der Waals surface area contributed by atoms with Gasteiger partial charge in [-0.1, -0.05) is 0 Å². The highest BCUT2D eigenvalue weighted by Gasteiger charge is 2.35. The quantitative estimate of drug-likeness (QED) is 0.883. The fourth-order valence-corrected chi connectivity index (χ4v) is 3.14. The molecule has 8 heteroatoms. The van der Waals surface area contributed by atoms with E-state index < -0.39 is 6.04 Å². The van der Waals surface area contributed by atoms with Crippen molar-refractivity contribution in [1.29, 1.82) is 0 Å². The Morgan fingerprint density at radius 1 is 1.31 bits per heavy atom. The van der Waals surface area contributed by atoms with Crippen LogP contribution < -0.4 is 15.4 Å². The highest BCUT2D eigenvalue weighted by atomic mass is 16.5. The Bertz CT molecular complexity index is 815. The average molecular weight is 357 g/mol. The third kappa shape index (κ3) is 3.35. The summed E-state index contributed by atoms with van der Waals surface area (Å²) in [6.07, 6.45) is 0. The van der Waals surface area contributed by atoms with Crippen molar-refractivity contribution >= 4 is 23.3 Å². The smallest absolute Gasteiger partial charge is 0.249 e. The lowest BCUT2D eigenvalue weighted by Crippen LogP contribution is -2.58. The number of hydrogen-bond acceptors (Lipinski definition) is 5. The zero-order valence-electron chi connectivity index (χ0n) is 15.2. The summed E-state index contributed by atoms with van der Waals surface area (Å²) in [5, 5.41) is 4.20. The topological polar surface area (TPSA) is 93.7 Å². The van der Waals surface area contributed by atoms with Gasteiger partial charge < -0.3 is 20.3 Å². The van der Waals surface area contributed by atoms with E-state index in [4.69, 9.17) is 10.5 Å². The number of carbonyl (C=O) groups excluding carboxylic acids is 2. The van der Waals surface area contributed by atoms with Crippen LogP contribution in [0.25, 0.3) is 0 Å². The number of benzene rings is 1. The predicted molar refractivity (Wildman–Crippen MR) is 97.9 cm³/mol. The fraction of sp³-hybridized carbons (Fsp3) is 0.389. The summed E-state index contributed by atoms with van der Waals surface area (Å²) in [6.45, 7) is 4.48. The molecule has 0 radical (unpaired) electrons. The van der Waals surface area contributed by atoms with Crippen LogP contribution in [0.4, 0.5) is 11.5 Å². The maximum Gasteiger partial charge on any atom is 0.249 e. The molecular weight excluding hydrogens is 334 g/mol. The monoisotopic (exact) mass is 357 g/mol. The summed E-state index contributed by atoms with van der Waals surface area (Å²) >= 11 is 0. The van der Waals surface area contributed by atoms with E-state index in [1.54, 1.807) is 29.9 Å². The van der Waals surface area contributed by atoms with Gasteiger partial charge in [-0.2, -0.15) is 5.10 Å². The van der Waals surface area contributed by atoms with E-state index >= 15 is 0 Å². The lowest BCUT2D eigenvalue weighted by Gasteiger charge is -2.39. The van der Waals surface area contributed by atoms with Gasteiger partial charge in [0.1, 0.15) is 24.2 Å². The second-order valence-corrected chi connectivity index (χ2v) is 6.32. The standard InChI is InChI=1S/C18H23N5O3/c1-12-10-16(19)23(20-12)11-17(24)21-8-9-22(18(25)13(21)2)14-4-6-15(26-3)7-5-14/h4-7,10,13H,8-9,11,19H2,1-3H3/t13-/m1/s1. The number of aromatic nitrogens is 2. The van der Waals surface area contributed by atoms with Crippen LogP contribution in [0.2, 0.25) is 0 Å². The minimum absolute atomic E-state index is 0.0276. The van der Waals surface area contributed by atoms with Crippen LogP contribution in [-0.4, -0.2) is 52.7 Å². The lowest BCUT2D eigenvalue weighted by molar-refractivity contribution is -0.141. The third-order valence-electron chi connectivity index (χ3n) is 4.58. The number of piperazine rings is 1. The molecule has 1 aliphatic heterocycles. The van der Waals surface area contributed by atoms with Gasteiger partial charge in [-0.05, 0) is 38.1 Å². The predicted octanol–water partition coefficient (Wildman–Crippen LogP) is 1.05. The van der Waals surface area contributed by atoms with Gasteiger partial charge in [0.15, 0.2) is 0 Å². The molecule has 0 unspecified atom stereocenters. The largest absolute Gasteiger partial charge is 0.497 e. The fourth-order valence-electron chi connectivity index (χ4n) is 3.14. The highest BCUT2D eigenvalue weighted by Crippen LogP contribution is 2.23. The number of aryl methyl sites for hydroxylation is 1. The summed E-state index contributed by atoms with van der Waals surface area (Å²) in [7, 11) is 1.60. The lowest BCUT2D eigenvalue weighted by atomic mass is 10.1. The van der Waals surface area contributed by atoms with Crippen LogP contribution in [0.3, 0.4) is 0 Å². The summed E-state index contributed by atoms with van der Waals surface area (Å²) in [5.41, 5.74) is 7.39. The first-order chi connectivity index (χ1) is 12.4. The van der Waals surface area contributed by atoms with E-state index in [2.05, 4.69) is 5.10 Å². The maximum atomic E-state index is 12.8. The molecule has 2 aromatic rings. The molecule has 0 bridgehead atoms. The number of amides is 2. The molecule has 2 heterocycles. The van der Waals surface area contributed by atoms with Crippen molar-refractivity contribution in [2.45, 2.75) is 26.4 Å². The molecule has 1 aromatic carbocycles. The van der Waals surface area contributed by atoms with E-state index in [0.717, 1.165) is 17.1 Å². The Kier molecular flexibility index (Phi) is 4.83. The second-order valence-electron chi connectivity index (χ2n) is 6.32. The zero-order chi connectivity index (χ0) is 18.8. The Morgan fingerprint density at radius 2 is 2.00 bits per heavy atom. The maximum absolute atomic E-state index is 12.8. The number of methoxy groups -OCH3 is 1. The molecule has 0 saturated carbocycles. The minimum Gasteiger partial charge on any atom is -0.497 e. The summed E-state index contributed by atoms with van der Waals surface area (Å²) in [6, 6.07) is 8.48. The molecule has 26 heavy (non-hydrogen) atoms. The van der Waals surface area contributed by atoms with Crippen molar-refractivity contribution in [3.63, 3.8) is 0 Å². The average Bonchev–Trinajstić information content (AvgIpc) is 2.94. The molecule has 8 nitrogen and oxygen atoms in total. The first-order valence-corrected chi connectivity index (χ1v) is 8.45. The van der Waals surface area contributed by atoms with Gasteiger partial charge >= 0.3 is 0 Å². The molecule has 1 aromatic heterocycles. The number of rotatable bonds is 4. The Balaban J connectivity index is 1.70. The van der Waals surface area contributed by atoms with E-state index in [9.17, 15) is 9.59 Å². The molecule has 0 spiro atoms. The molecule has 2 amide bonds. The van der Waals surface area contributed by atoms with Gasteiger partial charge in [0, 0.05) is 24.8 Å². The minimum atomic E-state index is -0.545. The van der Waals surface area contributed by atoms with Crippen molar-refractivity contribution < 1.29 is 14.3 Å². The molecule has 2 N–H and O–H groups in total. The van der Waals surface area contributed by atoms with Gasteiger partial charge in [0.2, 0.25) is 11.8 Å². The first kappa shape index (κ1) is 17.8.